The van der Waals surface area contributed by atoms with Crippen molar-refractivity contribution in [2.75, 3.05) is 5.75 Å². The summed E-state index contributed by atoms with van der Waals surface area (Å²) in [5.74, 6) is 2.44. The molecule has 0 bridgehead atoms. The number of aromatic nitrogens is 2. The van der Waals surface area contributed by atoms with E-state index in [-0.39, 0.29) is 19.5 Å². The predicted octanol–water partition coefficient (Wildman–Crippen LogP) is 1.82. The zero-order chi connectivity index (χ0) is 18.1. The maximum atomic E-state index is 12.9. The van der Waals surface area contributed by atoms with Crippen LogP contribution in [0.25, 0.3) is 11.0 Å². The lowest BCUT2D eigenvalue weighted by Gasteiger charge is -2.07. The molecule has 0 aliphatic rings. The Balaban J connectivity index is 2.54. The molecule has 0 amide bonds. The van der Waals surface area contributed by atoms with Crippen LogP contribution in [0.4, 0.5) is 13.2 Å². The Morgan fingerprint density at radius 3 is 2.58 bits per heavy atom. The predicted molar refractivity (Wildman–Crippen MR) is 79.9 cm³/mol. The molecule has 0 saturated carbocycles. The SMILES string of the molecule is C#CC[n+]1c(C)n(CCCS(=O)(=O)[O-])c2cc(C(F)(F)F)ccc21. The van der Waals surface area contributed by atoms with E-state index in [0.29, 0.717) is 16.9 Å². The van der Waals surface area contributed by atoms with E-state index < -0.39 is 27.6 Å². The van der Waals surface area contributed by atoms with Crippen molar-refractivity contribution in [3.63, 3.8) is 0 Å². The molecule has 0 aliphatic heterocycles. The van der Waals surface area contributed by atoms with Gasteiger partial charge in [-0.15, -0.1) is 6.42 Å². The summed E-state index contributed by atoms with van der Waals surface area (Å²) in [5.41, 5.74) is 0.00218. The van der Waals surface area contributed by atoms with Gasteiger partial charge in [0.15, 0.2) is 17.6 Å². The first kappa shape index (κ1) is 18.3. The van der Waals surface area contributed by atoms with Gasteiger partial charge in [0, 0.05) is 18.7 Å². The van der Waals surface area contributed by atoms with Crippen LogP contribution in [-0.2, 0) is 29.4 Å². The Bertz CT molecular complexity index is 909. The minimum absolute atomic E-state index is 0.00273. The molecule has 1 aromatic heterocycles. The molecule has 0 saturated heterocycles. The van der Waals surface area contributed by atoms with E-state index in [4.69, 9.17) is 6.42 Å². The summed E-state index contributed by atoms with van der Waals surface area (Å²) in [5, 5.41) is 0. The smallest absolute Gasteiger partial charge is 0.416 e. The van der Waals surface area contributed by atoms with Crippen LogP contribution in [-0.4, -0.2) is 23.3 Å². The van der Waals surface area contributed by atoms with Crippen LogP contribution in [0.15, 0.2) is 18.2 Å². The van der Waals surface area contributed by atoms with Crippen molar-refractivity contribution in [3.8, 4) is 12.3 Å². The lowest BCUT2D eigenvalue weighted by molar-refractivity contribution is -0.666. The van der Waals surface area contributed by atoms with Crippen molar-refractivity contribution >= 4 is 21.2 Å². The summed E-state index contributed by atoms with van der Waals surface area (Å²) in [4.78, 5) is 0. The lowest BCUT2D eigenvalue weighted by atomic mass is 10.2. The van der Waals surface area contributed by atoms with Gasteiger partial charge in [0.1, 0.15) is 0 Å². The number of fused-ring (bicyclic) bond motifs is 1. The van der Waals surface area contributed by atoms with Crippen LogP contribution in [0.3, 0.4) is 0 Å². The van der Waals surface area contributed by atoms with Crippen molar-refractivity contribution in [2.24, 2.45) is 0 Å². The van der Waals surface area contributed by atoms with Gasteiger partial charge in [-0.05, 0) is 18.6 Å². The number of halogens is 3. The summed E-state index contributed by atoms with van der Waals surface area (Å²) in [6.07, 6.45) is 0.815. The second kappa shape index (κ2) is 6.45. The van der Waals surface area contributed by atoms with Gasteiger partial charge in [0.2, 0.25) is 0 Å². The third kappa shape index (κ3) is 3.88. The summed E-state index contributed by atoms with van der Waals surface area (Å²) in [6.45, 7) is 1.94. The van der Waals surface area contributed by atoms with Crippen molar-refractivity contribution < 1.29 is 30.7 Å². The summed E-state index contributed by atoms with van der Waals surface area (Å²) in [6, 6.07) is 3.31. The normalized spacial score (nSPS) is 12.5. The fourth-order valence-corrected chi connectivity index (χ4v) is 3.09. The number of rotatable bonds is 5. The first-order valence-electron chi connectivity index (χ1n) is 7.01. The Labute approximate surface area is 137 Å². The molecule has 130 valence electrons. The molecule has 2 aromatic rings. The molecule has 0 fully saturated rings. The number of benzene rings is 1. The molecule has 0 atom stereocenters. The van der Waals surface area contributed by atoms with Crippen LogP contribution < -0.4 is 4.57 Å². The third-order valence-corrected chi connectivity index (χ3v) is 4.48. The highest BCUT2D eigenvalue weighted by Gasteiger charge is 2.33. The maximum Gasteiger partial charge on any atom is 0.416 e. The van der Waals surface area contributed by atoms with E-state index >= 15 is 0 Å². The Kier molecular flexibility index (Phi) is 4.92. The maximum absolute atomic E-state index is 12.9. The van der Waals surface area contributed by atoms with E-state index in [0.717, 1.165) is 12.1 Å². The molecule has 0 spiro atoms. The summed E-state index contributed by atoms with van der Waals surface area (Å²) in [7, 11) is -4.38. The van der Waals surface area contributed by atoms with E-state index in [1.54, 1.807) is 16.1 Å². The van der Waals surface area contributed by atoms with Gasteiger partial charge in [-0.2, -0.15) is 13.2 Å². The highest BCUT2D eigenvalue weighted by Crippen LogP contribution is 2.31. The van der Waals surface area contributed by atoms with Crippen molar-refractivity contribution in [3.05, 3.63) is 29.6 Å². The minimum Gasteiger partial charge on any atom is -0.748 e. The van der Waals surface area contributed by atoms with Crippen LogP contribution in [0, 0.1) is 19.3 Å². The molecule has 0 unspecified atom stereocenters. The van der Waals surface area contributed by atoms with Crippen LogP contribution in [0.5, 0.6) is 0 Å². The zero-order valence-corrected chi connectivity index (χ0v) is 13.6. The van der Waals surface area contributed by atoms with Gasteiger partial charge in [-0.3, -0.25) is 0 Å². The molecular formula is C15H15F3N2O3S. The molecule has 0 aliphatic carbocycles. The Morgan fingerprint density at radius 1 is 1.38 bits per heavy atom. The highest BCUT2D eigenvalue weighted by atomic mass is 32.2. The average Bonchev–Trinajstić information content (AvgIpc) is 2.70. The highest BCUT2D eigenvalue weighted by molar-refractivity contribution is 7.85. The number of hydrogen-bond donors (Lipinski definition) is 0. The molecule has 1 heterocycles. The quantitative estimate of drug-likeness (QED) is 0.464. The van der Waals surface area contributed by atoms with Crippen molar-refractivity contribution in [2.45, 2.75) is 32.6 Å². The van der Waals surface area contributed by atoms with Crippen molar-refractivity contribution in [1.29, 1.82) is 0 Å². The fourth-order valence-electron chi connectivity index (χ4n) is 2.61. The molecular weight excluding hydrogens is 345 g/mol. The van der Waals surface area contributed by atoms with Crippen molar-refractivity contribution in [1.82, 2.24) is 4.57 Å². The fraction of sp³-hybridized carbons (Fsp3) is 0.400. The van der Waals surface area contributed by atoms with E-state index in [1.807, 2.05) is 0 Å². The molecule has 0 radical (unpaired) electrons. The van der Waals surface area contributed by atoms with Gasteiger partial charge < -0.3 is 4.55 Å². The zero-order valence-electron chi connectivity index (χ0n) is 12.8. The summed E-state index contributed by atoms with van der Waals surface area (Å²) < 4.78 is 74.2. The lowest BCUT2D eigenvalue weighted by Crippen LogP contribution is -2.35. The molecule has 1 aromatic carbocycles. The van der Waals surface area contributed by atoms with Gasteiger partial charge >= 0.3 is 6.18 Å². The minimum atomic E-state index is -4.49. The van der Waals surface area contributed by atoms with Gasteiger partial charge in [-0.1, -0.05) is 5.92 Å². The number of nitrogens with zero attached hydrogens (tertiary/aromatic N) is 2. The van der Waals surface area contributed by atoms with Gasteiger partial charge in [0.05, 0.1) is 22.2 Å². The largest absolute Gasteiger partial charge is 0.748 e. The number of aryl methyl sites for hydroxylation is 1. The van der Waals surface area contributed by atoms with E-state index in [1.165, 1.54) is 6.07 Å². The molecule has 5 nitrogen and oxygen atoms in total. The van der Waals surface area contributed by atoms with Crippen LogP contribution in [0.1, 0.15) is 17.8 Å². The second-order valence-corrected chi connectivity index (χ2v) is 6.83. The topological polar surface area (TPSA) is 66.0 Å². The van der Waals surface area contributed by atoms with E-state index in [2.05, 4.69) is 5.92 Å². The number of alkyl halides is 3. The van der Waals surface area contributed by atoms with Crippen LogP contribution >= 0.6 is 0 Å². The number of hydrogen-bond acceptors (Lipinski definition) is 3. The molecule has 9 heteroatoms. The molecule has 0 N–H and O–H groups in total. The Hall–Kier alpha value is -2.05. The second-order valence-electron chi connectivity index (χ2n) is 5.31. The van der Waals surface area contributed by atoms with E-state index in [9.17, 15) is 26.1 Å². The van der Waals surface area contributed by atoms with Gasteiger partial charge in [-0.25, -0.2) is 17.6 Å². The Morgan fingerprint density at radius 2 is 2.04 bits per heavy atom. The monoisotopic (exact) mass is 360 g/mol. The summed E-state index contributed by atoms with van der Waals surface area (Å²) >= 11 is 0. The third-order valence-electron chi connectivity index (χ3n) is 3.69. The first-order valence-corrected chi connectivity index (χ1v) is 8.59. The van der Waals surface area contributed by atoms with Crippen LogP contribution in [0.2, 0.25) is 0 Å². The molecule has 2 rings (SSSR count). The number of terminal acetylenes is 1. The van der Waals surface area contributed by atoms with Gasteiger partial charge in [0.25, 0.3) is 5.82 Å². The average molecular weight is 360 g/mol. The first-order chi connectivity index (χ1) is 11.0. The standard InChI is InChI=1S/C15H15F3N2O3S/c1-3-7-19-11(2)20(8-4-9-24(21,22)23)14-10-12(15(16,17)18)5-6-13(14)19/h1,5-6,10H,4,7-9H2,2H3. The number of imidazole rings is 1. The molecule has 24 heavy (non-hydrogen) atoms.